The average Bonchev–Trinajstić information content (AvgIpc) is 3.67. The Morgan fingerprint density at radius 3 is 1.19 bits per heavy atom. The molecular weight excluding hydrogens is 1110 g/mol. The van der Waals surface area contributed by atoms with Gasteiger partial charge in [-0.1, -0.05) is 276 Å². The van der Waals surface area contributed by atoms with Gasteiger partial charge in [0.2, 0.25) is 0 Å². The van der Waals surface area contributed by atoms with Crippen molar-refractivity contribution in [1.29, 1.82) is 0 Å². The zero-order valence-electron chi connectivity index (χ0n) is 58.3. The molecule has 1 aliphatic rings. The van der Waals surface area contributed by atoms with Gasteiger partial charge in [-0.25, -0.2) is 0 Å². The smallest absolute Gasteiger partial charge is 0.305 e. The van der Waals surface area contributed by atoms with E-state index >= 15 is 0 Å². The Labute approximate surface area is 539 Å². The number of carbonyl (C=O) groups excluding carboxylic acids is 1. The van der Waals surface area contributed by atoms with Gasteiger partial charge in [-0.15, -0.1) is 0 Å². The molecule has 0 bridgehead atoms. The molecule has 0 saturated carbocycles. The number of carbonyl (C=O) groups is 1. The lowest BCUT2D eigenvalue weighted by molar-refractivity contribution is -0.144. The molecule has 0 aromatic heterocycles. The molecule has 508 valence electrons. The number of hydrogen-bond donors (Lipinski definition) is 3. The summed E-state index contributed by atoms with van der Waals surface area (Å²) in [6, 6.07) is 0. The Morgan fingerprint density at radius 1 is 0.447 bits per heavy atom. The van der Waals surface area contributed by atoms with Gasteiger partial charge < -0.3 is 29.4 Å². The SMILES string of the molecule is CCCCCCCCCCC(O)CN(CCCCSSCCCCN1CCN(CCOC(=O)CCCN(CC(O)CCCCCCCCCC)CC(CCCCCCCCCC)O[Si](C)(C)C(C)(C)C)CC1)CC(O)CCCCCCCCCC. The third-order valence-corrected chi connectivity index (χ3v) is 25.8. The minimum absolute atomic E-state index is 0.0974. The highest BCUT2D eigenvalue weighted by Crippen LogP contribution is 2.38. The van der Waals surface area contributed by atoms with Crippen molar-refractivity contribution in [3.8, 4) is 0 Å². The summed E-state index contributed by atoms with van der Waals surface area (Å²) in [5.41, 5.74) is 0. The molecule has 1 fully saturated rings. The maximum atomic E-state index is 13.2. The summed E-state index contributed by atoms with van der Waals surface area (Å²) in [5.74, 6) is 2.26. The first-order valence-corrected chi connectivity index (χ1v) is 42.5. The van der Waals surface area contributed by atoms with Crippen molar-refractivity contribution < 1.29 is 29.3 Å². The van der Waals surface area contributed by atoms with Crippen molar-refractivity contribution >= 4 is 35.9 Å². The van der Waals surface area contributed by atoms with E-state index in [4.69, 9.17) is 9.16 Å². The lowest BCUT2D eigenvalue weighted by Crippen LogP contribution is -2.48. The normalized spacial score (nSPS) is 15.4. The summed E-state index contributed by atoms with van der Waals surface area (Å²) in [4.78, 5) is 23.0. The maximum Gasteiger partial charge on any atom is 0.305 e. The van der Waals surface area contributed by atoms with E-state index in [2.05, 4.69) is 81.2 Å². The molecule has 0 amide bonds. The lowest BCUT2D eigenvalue weighted by atomic mass is 10.0. The second-order valence-electron chi connectivity index (χ2n) is 28.1. The summed E-state index contributed by atoms with van der Waals surface area (Å²) in [7, 11) is 2.05. The van der Waals surface area contributed by atoms with Gasteiger partial charge in [0.1, 0.15) is 6.61 Å². The Balaban J connectivity index is 2.48. The third-order valence-electron chi connectivity index (χ3n) is 18.7. The molecule has 85 heavy (non-hydrogen) atoms. The summed E-state index contributed by atoms with van der Waals surface area (Å²) < 4.78 is 13.0. The quantitative estimate of drug-likeness (QED) is 0.0234. The van der Waals surface area contributed by atoms with Gasteiger partial charge in [0.05, 0.1) is 24.4 Å². The Bertz CT molecular complexity index is 1400. The number of ether oxygens (including phenoxy) is 1. The largest absolute Gasteiger partial charge is 0.464 e. The van der Waals surface area contributed by atoms with Crippen LogP contribution in [-0.4, -0.2) is 170 Å². The predicted molar refractivity (Wildman–Crippen MR) is 378 cm³/mol. The standard InChI is InChI=1S/C72H148N4O6S2Si/c1-10-14-18-22-26-30-34-38-47-67(77)63-75(64-68(78)48-39-35-31-27-23-19-15-11-2)53-43-45-62-84-83-61-44-42-52-73-55-57-74(58-56-73)59-60-81-71(80)51-46-54-76(65-69(79)49-40-36-32-28-24-20-16-12-3)66-70(82-85(8,9)72(5,6)7)50-41-37-33-29-25-21-17-13-4/h67-70,77-79H,10-66H2,1-9H3. The number of piperazine rings is 1. The number of rotatable bonds is 64. The van der Waals surface area contributed by atoms with Gasteiger partial charge >= 0.3 is 5.97 Å². The van der Waals surface area contributed by atoms with Crippen LogP contribution in [0.25, 0.3) is 0 Å². The fourth-order valence-electron chi connectivity index (χ4n) is 12.0. The van der Waals surface area contributed by atoms with E-state index in [1.807, 2.05) is 21.6 Å². The first kappa shape index (κ1) is 83.1. The van der Waals surface area contributed by atoms with Crippen LogP contribution in [0.4, 0.5) is 0 Å². The number of esters is 1. The molecular formula is C72H148N4O6S2Si. The molecule has 0 radical (unpaired) electrons. The summed E-state index contributed by atoms with van der Waals surface area (Å²) >= 11 is 0. The van der Waals surface area contributed by atoms with Crippen LogP contribution < -0.4 is 0 Å². The van der Waals surface area contributed by atoms with Crippen LogP contribution in [0.3, 0.4) is 0 Å². The van der Waals surface area contributed by atoms with Crippen LogP contribution in [0.1, 0.15) is 318 Å². The number of unbranched alkanes of at least 4 members (excludes halogenated alkanes) is 30. The van der Waals surface area contributed by atoms with E-state index in [1.165, 1.54) is 211 Å². The highest BCUT2D eigenvalue weighted by atomic mass is 33.1. The van der Waals surface area contributed by atoms with Crippen LogP contribution in [-0.2, 0) is 14.0 Å². The molecule has 0 aromatic rings. The van der Waals surface area contributed by atoms with E-state index in [0.717, 1.165) is 122 Å². The Morgan fingerprint density at radius 2 is 0.788 bits per heavy atom. The molecule has 4 atom stereocenters. The van der Waals surface area contributed by atoms with Gasteiger partial charge in [0.15, 0.2) is 8.32 Å². The monoisotopic (exact) mass is 1260 g/mol. The molecule has 1 aliphatic heterocycles. The molecule has 4 unspecified atom stereocenters. The van der Waals surface area contributed by atoms with Crippen LogP contribution in [0.15, 0.2) is 0 Å². The second kappa shape index (κ2) is 57.9. The Kier molecular flexibility index (Phi) is 56.6. The van der Waals surface area contributed by atoms with Crippen molar-refractivity contribution in [3.63, 3.8) is 0 Å². The maximum absolute atomic E-state index is 13.2. The van der Waals surface area contributed by atoms with E-state index < -0.39 is 8.32 Å². The molecule has 1 heterocycles. The van der Waals surface area contributed by atoms with Crippen molar-refractivity contribution in [2.75, 3.05) is 96.6 Å². The molecule has 0 spiro atoms. The predicted octanol–water partition coefficient (Wildman–Crippen LogP) is 19.1. The van der Waals surface area contributed by atoms with Gasteiger partial charge in [-0.2, -0.15) is 0 Å². The molecule has 1 rings (SSSR count). The number of nitrogens with zero attached hydrogens (tertiary/aromatic N) is 4. The van der Waals surface area contributed by atoms with Crippen molar-refractivity contribution in [1.82, 2.24) is 19.6 Å². The fraction of sp³-hybridized carbons (Fsp3) is 0.986. The molecule has 13 heteroatoms. The molecule has 1 saturated heterocycles. The highest BCUT2D eigenvalue weighted by molar-refractivity contribution is 8.76. The van der Waals surface area contributed by atoms with Crippen LogP contribution in [0.5, 0.6) is 0 Å². The van der Waals surface area contributed by atoms with Gasteiger partial charge in [-0.3, -0.25) is 19.5 Å². The molecule has 0 aliphatic carbocycles. The molecule has 10 nitrogen and oxygen atoms in total. The van der Waals surface area contributed by atoms with Crippen molar-refractivity contribution in [2.24, 2.45) is 0 Å². The van der Waals surface area contributed by atoms with E-state index in [0.29, 0.717) is 32.7 Å². The zero-order valence-corrected chi connectivity index (χ0v) is 60.9. The minimum atomic E-state index is -2.01. The second-order valence-corrected chi connectivity index (χ2v) is 35.6. The average molecular weight is 1260 g/mol. The summed E-state index contributed by atoms with van der Waals surface area (Å²) in [6.07, 6.45) is 50.0. The summed E-state index contributed by atoms with van der Waals surface area (Å²) in [6.45, 7) is 32.1. The molecule has 3 N–H and O–H groups in total. The molecule has 0 aromatic carbocycles. The van der Waals surface area contributed by atoms with Crippen LogP contribution in [0.2, 0.25) is 18.1 Å². The first-order chi connectivity index (χ1) is 41.1. The van der Waals surface area contributed by atoms with Crippen LogP contribution in [0, 0.1) is 0 Å². The van der Waals surface area contributed by atoms with Crippen LogP contribution >= 0.6 is 21.6 Å². The minimum Gasteiger partial charge on any atom is -0.464 e. The van der Waals surface area contributed by atoms with Gasteiger partial charge in [0.25, 0.3) is 0 Å². The van der Waals surface area contributed by atoms with Gasteiger partial charge in [0, 0.05) is 76.8 Å². The van der Waals surface area contributed by atoms with E-state index in [1.54, 1.807) is 0 Å². The number of hydrogen-bond acceptors (Lipinski definition) is 12. The first-order valence-electron chi connectivity index (χ1n) is 37.1. The summed E-state index contributed by atoms with van der Waals surface area (Å²) in [5, 5.41) is 33.6. The zero-order chi connectivity index (χ0) is 62.3. The Hall–Kier alpha value is 0.0669. The van der Waals surface area contributed by atoms with E-state index in [9.17, 15) is 20.1 Å². The lowest BCUT2D eigenvalue weighted by Gasteiger charge is -2.41. The van der Waals surface area contributed by atoms with Gasteiger partial charge in [-0.05, 0) is 95.6 Å². The van der Waals surface area contributed by atoms with E-state index in [-0.39, 0.29) is 35.4 Å². The third kappa shape index (κ3) is 51.3. The van der Waals surface area contributed by atoms with Crippen molar-refractivity contribution in [3.05, 3.63) is 0 Å². The topological polar surface area (TPSA) is 109 Å². The van der Waals surface area contributed by atoms with Crippen molar-refractivity contribution in [2.45, 2.75) is 361 Å². The number of aliphatic hydroxyl groups is 3. The number of aliphatic hydroxyl groups excluding tert-OH is 3. The fourth-order valence-corrected chi connectivity index (χ4v) is 15.6. The highest BCUT2D eigenvalue weighted by Gasteiger charge is 2.39.